The van der Waals surface area contributed by atoms with Crippen LogP contribution in [0.1, 0.15) is 23.1 Å². The predicted octanol–water partition coefficient (Wildman–Crippen LogP) is 4.15. The van der Waals surface area contributed by atoms with Gasteiger partial charge in [0.1, 0.15) is 0 Å². The third kappa shape index (κ3) is 4.38. The first-order chi connectivity index (χ1) is 9.15. The van der Waals surface area contributed by atoms with Crippen LogP contribution in [0.25, 0.3) is 0 Å². The van der Waals surface area contributed by atoms with E-state index in [-0.39, 0.29) is 6.04 Å². The number of benzene rings is 2. The van der Waals surface area contributed by atoms with Crippen LogP contribution in [-0.4, -0.2) is 6.04 Å². The van der Waals surface area contributed by atoms with Gasteiger partial charge in [-0.05, 0) is 55.0 Å². The summed E-state index contributed by atoms with van der Waals surface area (Å²) in [5, 5.41) is 0.781. The number of halogens is 1. The van der Waals surface area contributed by atoms with Crippen LogP contribution in [0.3, 0.4) is 0 Å². The number of nitrogens with two attached hydrogens (primary N) is 1. The molecule has 0 saturated heterocycles. The van der Waals surface area contributed by atoms with Crippen molar-refractivity contribution in [2.24, 2.45) is 5.73 Å². The molecule has 0 bridgehead atoms. The summed E-state index contributed by atoms with van der Waals surface area (Å²) in [4.78, 5) is 0. The Bertz CT molecular complexity index is 536. The van der Waals surface area contributed by atoms with Crippen molar-refractivity contribution < 1.29 is 0 Å². The molecular formula is C17H20ClN. The summed E-state index contributed by atoms with van der Waals surface area (Å²) in [6.07, 6.45) is 2.91. The van der Waals surface area contributed by atoms with Gasteiger partial charge in [0.15, 0.2) is 0 Å². The smallest absolute Gasteiger partial charge is 0.0408 e. The molecule has 0 amide bonds. The van der Waals surface area contributed by atoms with Crippen LogP contribution >= 0.6 is 11.6 Å². The quantitative estimate of drug-likeness (QED) is 0.870. The zero-order valence-corrected chi connectivity index (χ0v) is 12.0. The van der Waals surface area contributed by atoms with Crippen LogP contribution in [0.5, 0.6) is 0 Å². The molecule has 2 N–H and O–H groups in total. The molecule has 1 unspecified atom stereocenters. The van der Waals surface area contributed by atoms with E-state index in [9.17, 15) is 0 Å². The Kier molecular flexibility index (Phi) is 5.00. The van der Waals surface area contributed by atoms with Crippen LogP contribution in [0.2, 0.25) is 5.02 Å². The largest absolute Gasteiger partial charge is 0.327 e. The maximum atomic E-state index is 6.21. The van der Waals surface area contributed by atoms with Crippen molar-refractivity contribution in [2.45, 2.75) is 32.2 Å². The van der Waals surface area contributed by atoms with Crippen molar-refractivity contribution in [3.8, 4) is 0 Å². The second-order valence-electron chi connectivity index (χ2n) is 5.06. The van der Waals surface area contributed by atoms with Gasteiger partial charge in [0.05, 0.1) is 0 Å². The SMILES string of the molecule is Cc1ccccc1CCC(N)Cc1cccc(Cl)c1. The van der Waals surface area contributed by atoms with E-state index >= 15 is 0 Å². The third-order valence-electron chi connectivity index (χ3n) is 3.43. The molecule has 1 nitrogen and oxygen atoms in total. The molecule has 2 rings (SSSR count). The molecule has 0 spiro atoms. The fourth-order valence-corrected chi connectivity index (χ4v) is 2.51. The topological polar surface area (TPSA) is 26.0 Å². The van der Waals surface area contributed by atoms with Crippen molar-refractivity contribution in [3.63, 3.8) is 0 Å². The zero-order valence-electron chi connectivity index (χ0n) is 11.3. The Labute approximate surface area is 120 Å². The molecule has 1 atom stereocenters. The molecule has 0 aliphatic heterocycles. The van der Waals surface area contributed by atoms with Crippen molar-refractivity contribution in [1.82, 2.24) is 0 Å². The number of hydrogen-bond acceptors (Lipinski definition) is 1. The minimum absolute atomic E-state index is 0.179. The third-order valence-corrected chi connectivity index (χ3v) is 3.67. The summed E-state index contributed by atoms with van der Waals surface area (Å²) < 4.78 is 0. The lowest BCUT2D eigenvalue weighted by atomic mass is 9.98. The Balaban J connectivity index is 1.88. The van der Waals surface area contributed by atoms with Crippen LogP contribution in [-0.2, 0) is 12.8 Å². The zero-order chi connectivity index (χ0) is 13.7. The van der Waals surface area contributed by atoms with E-state index in [2.05, 4.69) is 37.3 Å². The standard InChI is InChI=1S/C17H20ClN/c1-13-5-2-3-7-15(13)9-10-17(19)12-14-6-4-8-16(18)11-14/h2-8,11,17H,9-10,12,19H2,1H3. The Morgan fingerprint density at radius 2 is 1.89 bits per heavy atom. The highest BCUT2D eigenvalue weighted by Gasteiger charge is 2.06. The fourth-order valence-electron chi connectivity index (χ4n) is 2.30. The highest BCUT2D eigenvalue weighted by Crippen LogP contribution is 2.15. The molecule has 0 saturated carbocycles. The van der Waals surface area contributed by atoms with Crippen LogP contribution < -0.4 is 5.73 Å². The maximum Gasteiger partial charge on any atom is 0.0408 e. The van der Waals surface area contributed by atoms with Crippen molar-refractivity contribution in [2.75, 3.05) is 0 Å². The highest BCUT2D eigenvalue weighted by atomic mass is 35.5. The van der Waals surface area contributed by atoms with E-state index in [1.165, 1.54) is 16.7 Å². The minimum Gasteiger partial charge on any atom is -0.327 e. The predicted molar refractivity (Wildman–Crippen MR) is 82.6 cm³/mol. The molecule has 0 radical (unpaired) electrons. The summed E-state index contributed by atoms with van der Waals surface area (Å²) in [5.74, 6) is 0. The normalized spacial score (nSPS) is 12.4. The summed E-state index contributed by atoms with van der Waals surface area (Å²) in [5.41, 5.74) is 10.2. The molecule has 0 aromatic heterocycles. The second-order valence-corrected chi connectivity index (χ2v) is 5.50. The second kappa shape index (κ2) is 6.74. The molecular weight excluding hydrogens is 254 g/mol. The van der Waals surface area contributed by atoms with E-state index in [0.29, 0.717) is 0 Å². The molecule has 2 aromatic carbocycles. The number of aryl methyl sites for hydroxylation is 2. The maximum absolute atomic E-state index is 6.21. The van der Waals surface area contributed by atoms with Gasteiger partial charge in [-0.3, -0.25) is 0 Å². The van der Waals surface area contributed by atoms with Gasteiger partial charge in [-0.1, -0.05) is 48.0 Å². The van der Waals surface area contributed by atoms with Crippen LogP contribution in [0, 0.1) is 6.92 Å². The van der Waals surface area contributed by atoms with Gasteiger partial charge in [-0.25, -0.2) is 0 Å². The first kappa shape index (κ1) is 14.1. The summed E-state index contributed by atoms with van der Waals surface area (Å²) in [7, 11) is 0. The van der Waals surface area contributed by atoms with Gasteiger partial charge in [0.2, 0.25) is 0 Å². The Morgan fingerprint density at radius 1 is 1.11 bits per heavy atom. The molecule has 0 aliphatic carbocycles. The van der Waals surface area contributed by atoms with Gasteiger partial charge in [-0.2, -0.15) is 0 Å². The lowest BCUT2D eigenvalue weighted by Gasteiger charge is -2.13. The Morgan fingerprint density at radius 3 is 2.63 bits per heavy atom. The number of rotatable bonds is 5. The molecule has 0 fully saturated rings. The molecule has 0 aliphatic rings. The van der Waals surface area contributed by atoms with E-state index in [1.54, 1.807) is 0 Å². The average Bonchev–Trinajstić information content (AvgIpc) is 2.38. The van der Waals surface area contributed by atoms with Gasteiger partial charge in [0, 0.05) is 11.1 Å². The van der Waals surface area contributed by atoms with Gasteiger partial charge >= 0.3 is 0 Å². The van der Waals surface area contributed by atoms with Crippen molar-refractivity contribution >= 4 is 11.6 Å². The summed E-state index contributed by atoms with van der Waals surface area (Å²) in [6.45, 7) is 2.15. The summed E-state index contributed by atoms with van der Waals surface area (Å²) in [6, 6.07) is 16.6. The van der Waals surface area contributed by atoms with Gasteiger partial charge < -0.3 is 5.73 Å². The van der Waals surface area contributed by atoms with E-state index in [4.69, 9.17) is 17.3 Å². The first-order valence-corrected chi connectivity index (χ1v) is 7.07. The molecule has 19 heavy (non-hydrogen) atoms. The Hall–Kier alpha value is -1.31. The number of hydrogen-bond donors (Lipinski definition) is 1. The average molecular weight is 274 g/mol. The highest BCUT2D eigenvalue weighted by molar-refractivity contribution is 6.30. The monoisotopic (exact) mass is 273 g/mol. The van der Waals surface area contributed by atoms with Crippen LogP contribution in [0.15, 0.2) is 48.5 Å². The van der Waals surface area contributed by atoms with Gasteiger partial charge in [-0.15, -0.1) is 0 Å². The molecule has 2 aromatic rings. The molecule has 0 heterocycles. The molecule has 100 valence electrons. The lowest BCUT2D eigenvalue weighted by molar-refractivity contribution is 0.609. The van der Waals surface area contributed by atoms with E-state index in [0.717, 1.165) is 24.3 Å². The van der Waals surface area contributed by atoms with Crippen molar-refractivity contribution in [3.05, 3.63) is 70.2 Å². The van der Waals surface area contributed by atoms with Crippen LogP contribution in [0.4, 0.5) is 0 Å². The van der Waals surface area contributed by atoms with Gasteiger partial charge in [0.25, 0.3) is 0 Å². The lowest BCUT2D eigenvalue weighted by Crippen LogP contribution is -2.23. The van der Waals surface area contributed by atoms with Crippen molar-refractivity contribution in [1.29, 1.82) is 0 Å². The van der Waals surface area contributed by atoms with E-state index in [1.807, 2.05) is 18.2 Å². The first-order valence-electron chi connectivity index (χ1n) is 6.69. The summed E-state index contributed by atoms with van der Waals surface area (Å²) >= 11 is 5.98. The minimum atomic E-state index is 0.179. The molecule has 2 heteroatoms. The fraction of sp³-hybridized carbons (Fsp3) is 0.294. The van der Waals surface area contributed by atoms with E-state index < -0.39 is 0 Å².